The number of nitrogens with one attached hydrogen (secondary N) is 1. The lowest BCUT2D eigenvalue weighted by molar-refractivity contribution is -0.148. The van der Waals surface area contributed by atoms with Crippen molar-refractivity contribution >= 4 is 5.97 Å². The van der Waals surface area contributed by atoms with Crippen LogP contribution in [-0.2, 0) is 9.53 Å². The van der Waals surface area contributed by atoms with E-state index in [-0.39, 0.29) is 5.97 Å². The van der Waals surface area contributed by atoms with Crippen LogP contribution in [0.1, 0.15) is 53.4 Å². The van der Waals surface area contributed by atoms with Gasteiger partial charge in [-0.15, -0.1) is 0 Å². The molecule has 0 spiro atoms. The molecule has 1 saturated heterocycles. The number of nitrogens with zero attached hydrogens (tertiary/aromatic N) is 1. The van der Waals surface area contributed by atoms with Crippen LogP contribution in [0.25, 0.3) is 0 Å². The number of ether oxygens (including phenoxy) is 1. The number of hydrogen-bond acceptors (Lipinski definition) is 4. The first-order chi connectivity index (χ1) is 8.98. The van der Waals surface area contributed by atoms with Gasteiger partial charge in [0, 0.05) is 18.6 Å². The number of esters is 1. The van der Waals surface area contributed by atoms with Crippen molar-refractivity contribution in [3.05, 3.63) is 0 Å². The Labute approximate surface area is 117 Å². The van der Waals surface area contributed by atoms with Crippen LogP contribution >= 0.6 is 0 Å². The molecule has 0 aromatic rings. The lowest BCUT2D eigenvalue weighted by Gasteiger charge is -2.33. The minimum absolute atomic E-state index is 0.158. The van der Waals surface area contributed by atoms with Crippen molar-refractivity contribution in [1.82, 2.24) is 10.2 Å². The molecule has 0 radical (unpaired) electrons. The van der Waals surface area contributed by atoms with E-state index in [1.807, 2.05) is 13.8 Å². The minimum Gasteiger partial charge on any atom is -0.468 e. The second-order valence-corrected chi connectivity index (χ2v) is 5.83. The number of hydrogen-bond donors (Lipinski definition) is 1. The van der Waals surface area contributed by atoms with Gasteiger partial charge in [-0.25, -0.2) is 0 Å². The molecule has 19 heavy (non-hydrogen) atoms. The van der Waals surface area contributed by atoms with Crippen LogP contribution in [0.3, 0.4) is 0 Å². The molecule has 3 unspecified atom stereocenters. The van der Waals surface area contributed by atoms with Gasteiger partial charge in [-0.05, 0) is 46.1 Å². The summed E-state index contributed by atoms with van der Waals surface area (Å²) in [5.41, 5.74) is -0.565. The maximum Gasteiger partial charge on any atom is 0.325 e. The van der Waals surface area contributed by atoms with Gasteiger partial charge < -0.3 is 10.1 Å². The Kier molecular flexibility index (Phi) is 6.27. The van der Waals surface area contributed by atoms with E-state index in [0.29, 0.717) is 12.1 Å². The molecule has 1 aliphatic heterocycles. The highest BCUT2D eigenvalue weighted by Crippen LogP contribution is 2.27. The van der Waals surface area contributed by atoms with E-state index in [4.69, 9.17) is 4.74 Å². The van der Waals surface area contributed by atoms with Crippen molar-refractivity contribution in [1.29, 1.82) is 0 Å². The van der Waals surface area contributed by atoms with Crippen LogP contribution in [0.15, 0.2) is 0 Å². The molecule has 4 nitrogen and oxygen atoms in total. The number of likely N-dealkylation sites (N-methyl/N-ethyl adjacent to an activating group) is 1. The molecular weight excluding hydrogens is 240 g/mol. The van der Waals surface area contributed by atoms with Crippen molar-refractivity contribution in [3.8, 4) is 0 Å². The first-order valence-corrected chi connectivity index (χ1v) is 7.57. The van der Waals surface area contributed by atoms with Gasteiger partial charge in [0.05, 0.1) is 7.11 Å². The normalized spacial score (nSPS) is 27.2. The number of likely N-dealkylation sites (tertiary alicyclic amines) is 1. The molecular formula is C15H30N2O2. The van der Waals surface area contributed by atoms with E-state index in [1.54, 1.807) is 0 Å². The smallest absolute Gasteiger partial charge is 0.325 e. The number of carbonyl (C=O) groups is 1. The van der Waals surface area contributed by atoms with Gasteiger partial charge in [0.1, 0.15) is 5.54 Å². The predicted octanol–water partition coefficient (Wildman–Crippen LogP) is 2.18. The second-order valence-electron chi connectivity index (χ2n) is 5.83. The van der Waals surface area contributed by atoms with Gasteiger partial charge in [-0.1, -0.05) is 13.8 Å². The van der Waals surface area contributed by atoms with Gasteiger partial charge in [0.2, 0.25) is 0 Å². The molecule has 1 N–H and O–H groups in total. The second kappa shape index (κ2) is 7.25. The molecule has 4 heteroatoms. The van der Waals surface area contributed by atoms with Crippen molar-refractivity contribution in [2.45, 2.75) is 71.0 Å². The fourth-order valence-corrected chi connectivity index (χ4v) is 3.20. The van der Waals surface area contributed by atoms with Crippen LogP contribution in [0.4, 0.5) is 0 Å². The number of carbonyl (C=O) groups excluding carboxylic acids is 1. The van der Waals surface area contributed by atoms with Crippen molar-refractivity contribution in [3.63, 3.8) is 0 Å². The molecule has 0 amide bonds. The van der Waals surface area contributed by atoms with E-state index in [0.717, 1.165) is 19.5 Å². The van der Waals surface area contributed by atoms with Crippen LogP contribution < -0.4 is 5.32 Å². The molecule has 1 heterocycles. The highest BCUT2D eigenvalue weighted by atomic mass is 16.5. The van der Waals surface area contributed by atoms with E-state index in [1.165, 1.54) is 26.4 Å². The Balaban J connectivity index is 2.63. The summed E-state index contributed by atoms with van der Waals surface area (Å²) in [6.45, 7) is 10.2. The summed E-state index contributed by atoms with van der Waals surface area (Å²) < 4.78 is 4.94. The fraction of sp³-hybridized carbons (Fsp3) is 0.933. The lowest BCUT2D eigenvalue weighted by Crippen LogP contribution is -2.52. The summed E-state index contributed by atoms with van der Waals surface area (Å²) in [4.78, 5) is 14.5. The van der Waals surface area contributed by atoms with Gasteiger partial charge in [0.15, 0.2) is 0 Å². The van der Waals surface area contributed by atoms with Crippen molar-refractivity contribution < 1.29 is 9.53 Å². The molecule has 1 aliphatic rings. The van der Waals surface area contributed by atoms with Crippen LogP contribution in [-0.4, -0.2) is 48.7 Å². The van der Waals surface area contributed by atoms with E-state index in [2.05, 4.69) is 24.1 Å². The van der Waals surface area contributed by atoms with Crippen molar-refractivity contribution in [2.75, 3.05) is 20.2 Å². The first kappa shape index (κ1) is 16.4. The summed E-state index contributed by atoms with van der Waals surface area (Å²) in [6.07, 6.45) is 4.55. The zero-order valence-corrected chi connectivity index (χ0v) is 13.2. The standard InChI is InChI=1S/C15H30N2O2/c1-6-13-9-8-12(3)17(13)11-10-15(4,16-7-2)14(18)19-5/h12-13,16H,6-11H2,1-5H3. The Morgan fingerprint density at radius 3 is 2.63 bits per heavy atom. The third kappa shape index (κ3) is 3.93. The number of rotatable bonds is 7. The minimum atomic E-state index is -0.565. The van der Waals surface area contributed by atoms with Crippen molar-refractivity contribution in [2.24, 2.45) is 0 Å². The summed E-state index contributed by atoms with van der Waals surface area (Å²) >= 11 is 0. The largest absolute Gasteiger partial charge is 0.468 e. The fourth-order valence-electron chi connectivity index (χ4n) is 3.20. The van der Waals surface area contributed by atoms with Crippen LogP contribution in [0.2, 0.25) is 0 Å². The highest BCUT2D eigenvalue weighted by Gasteiger charge is 2.36. The quantitative estimate of drug-likeness (QED) is 0.720. The maximum absolute atomic E-state index is 12.0. The average Bonchev–Trinajstić information content (AvgIpc) is 2.76. The molecule has 0 aliphatic carbocycles. The molecule has 112 valence electrons. The van der Waals surface area contributed by atoms with Gasteiger partial charge in [-0.3, -0.25) is 9.69 Å². The zero-order chi connectivity index (χ0) is 14.5. The summed E-state index contributed by atoms with van der Waals surface area (Å²) in [7, 11) is 1.46. The molecule has 3 atom stereocenters. The third-order valence-electron chi connectivity index (χ3n) is 4.50. The SMILES string of the molecule is CCNC(C)(CCN1C(C)CCC1CC)C(=O)OC. The van der Waals surface area contributed by atoms with E-state index >= 15 is 0 Å². The highest BCUT2D eigenvalue weighted by molar-refractivity contribution is 5.80. The van der Waals surface area contributed by atoms with Gasteiger partial charge in [-0.2, -0.15) is 0 Å². The third-order valence-corrected chi connectivity index (χ3v) is 4.50. The lowest BCUT2D eigenvalue weighted by atomic mass is 9.97. The Morgan fingerprint density at radius 1 is 1.42 bits per heavy atom. The molecule has 1 rings (SSSR count). The zero-order valence-electron chi connectivity index (χ0n) is 13.2. The molecule has 0 aromatic carbocycles. The molecule has 1 fully saturated rings. The molecule has 0 bridgehead atoms. The summed E-state index contributed by atoms with van der Waals surface area (Å²) in [6, 6.07) is 1.31. The topological polar surface area (TPSA) is 41.6 Å². The van der Waals surface area contributed by atoms with E-state index < -0.39 is 5.54 Å². The predicted molar refractivity (Wildman–Crippen MR) is 78.2 cm³/mol. The Morgan fingerprint density at radius 2 is 2.11 bits per heavy atom. The first-order valence-electron chi connectivity index (χ1n) is 7.57. The van der Waals surface area contributed by atoms with E-state index in [9.17, 15) is 4.79 Å². The maximum atomic E-state index is 12.0. The van der Waals surface area contributed by atoms with Crippen LogP contribution in [0.5, 0.6) is 0 Å². The average molecular weight is 270 g/mol. The Hall–Kier alpha value is -0.610. The van der Waals surface area contributed by atoms with Crippen LogP contribution in [0, 0.1) is 0 Å². The number of methoxy groups -OCH3 is 1. The monoisotopic (exact) mass is 270 g/mol. The summed E-state index contributed by atoms with van der Waals surface area (Å²) in [5.74, 6) is -0.158. The molecule has 0 aromatic heterocycles. The van der Waals surface area contributed by atoms with Gasteiger partial charge >= 0.3 is 5.97 Å². The molecule has 0 saturated carbocycles. The Bertz CT molecular complexity index is 296. The summed E-state index contributed by atoms with van der Waals surface area (Å²) in [5, 5.41) is 3.28. The van der Waals surface area contributed by atoms with Gasteiger partial charge in [0.25, 0.3) is 0 Å².